The van der Waals surface area contributed by atoms with Crippen molar-refractivity contribution < 1.29 is 13.2 Å². The van der Waals surface area contributed by atoms with Gasteiger partial charge in [-0.3, -0.25) is 0 Å². The molecule has 0 spiro atoms. The first-order valence-electron chi connectivity index (χ1n) is 7.08. The molecule has 1 aromatic heterocycles. The molecule has 0 aliphatic heterocycles. The zero-order valence-electron chi connectivity index (χ0n) is 13.3. The van der Waals surface area contributed by atoms with Gasteiger partial charge in [-0.1, -0.05) is 27.7 Å². The highest BCUT2D eigenvalue weighted by Crippen LogP contribution is 2.20. The second-order valence-electron chi connectivity index (χ2n) is 5.71. The number of methoxy groups -OCH3 is 1. The maximum absolute atomic E-state index is 12.4. The molecule has 122 valence electrons. The SMILES string of the molecule is COCC(NS(=O)(=O)c1csc(CNC(C)C)c1)C(C)C. The van der Waals surface area contributed by atoms with Crippen LogP contribution in [0.5, 0.6) is 0 Å². The van der Waals surface area contributed by atoms with Crippen molar-refractivity contribution in [2.24, 2.45) is 5.92 Å². The Balaban J connectivity index is 2.78. The number of hydrogen-bond donors (Lipinski definition) is 2. The van der Waals surface area contributed by atoms with Crippen molar-refractivity contribution in [3.8, 4) is 0 Å². The average Bonchev–Trinajstić information content (AvgIpc) is 2.85. The van der Waals surface area contributed by atoms with Crippen molar-refractivity contribution in [2.75, 3.05) is 13.7 Å². The molecule has 7 heteroatoms. The highest BCUT2D eigenvalue weighted by Gasteiger charge is 2.23. The second-order valence-corrected chi connectivity index (χ2v) is 8.42. The molecule has 0 saturated carbocycles. The van der Waals surface area contributed by atoms with Crippen molar-refractivity contribution in [3.63, 3.8) is 0 Å². The summed E-state index contributed by atoms with van der Waals surface area (Å²) in [5.74, 6) is 0.167. The summed E-state index contributed by atoms with van der Waals surface area (Å²) in [7, 11) is -1.92. The van der Waals surface area contributed by atoms with E-state index in [4.69, 9.17) is 4.74 Å². The Morgan fingerprint density at radius 3 is 2.48 bits per heavy atom. The van der Waals surface area contributed by atoms with Gasteiger partial charge in [0.25, 0.3) is 0 Å². The minimum Gasteiger partial charge on any atom is -0.383 e. The molecule has 1 aromatic rings. The van der Waals surface area contributed by atoms with E-state index in [1.54, 1.807) is 18.6 Å². The lowest BCUT2D eigenvalue weighted by molar-refractivity contribution is 0.157. The maximum Gasteiger partial charge on any atom is 0.241 e. The first kappa shape index (κ1) is 18.6. The zero-order chi connectivity index (χ0) is 16.0. The van der Waals surface area contributed by atoms with E-state index in [1.807, 2.05) is 13.8 Å². The number of hydrogen-bond acceptors (Lipinski definition) is 5. The van der Waals surface area contributed by atoms with Gasteiger partial charge >= 0.3 is 0 Å². The van der Waals surface area contributed by atoms with Crippen LogP contribution in [-0.4, -0.2) is 34.2 Å². The lowest BCUT2D eigenvalue weighted by Crippen LogP contribution is -2.41. The summed E-state index contributed by atoms with van der Waals surface area (Å²) in [6.07, 6.45) is 0. The highest BCUT2D eigenvalue weighted by molar-refractivity contribution is 7.89. The van der Waals surface area contributed by atoms with Crippen molar-refractivity contribution in [2.45, 2.75) is 51.2 Å². The van der Waals surface area contributed by atoms with Gasteiger partial charge in [0.2, 0.25) is 10.0 Å². The molecule has 0 saturated heterocycles. The van der Waals surface area contributed by atoms with Crippen LogP contribution >= 0.6 is 11.3 Å². The summed E-state index contributed by atoms with van der Waals surface area (Å²) >= 11 is 1.45. The predicted octanol–water partition coefficient (Wildman–Crippen LogP) is 2.20. The van der Waals surface area contributed by atoms with Crippen LogP contribution in [0.3, 0.4) is 0 Å². The molecule has 21 heavy (non-hydrogen) atoms. The maximum atomic E-state index is 12.4. The molecule has 1 atom stereocenters. The minimum atomic E-state index is -3.49. The van der Waals surface area contributed by atoms with Crippen LogP contribution in [-0.2, 0) is 21.3 Å². The van der Waals surface area contributed by atoms with Gasteiger partial charge in [0.1, 0.15) is 0 Å². The Labute approximate surface area is 132 Å². The van der Waals surface area contributed by atoms with Gasteiger partial charge in [-0.05, 0) is 12.0 Å². The third kappa shape index (κ3) is 6.04. The average molecular weight is 335 g/mol. The Hall–Kier alpha value is -0.470. The molecule has 0 radical (unpaired) electrons. The Morgan fingerprint density at radius 1 is 1.29 bits per heavy atom. The van der Waals surface area contributed by atoms with Crippen molar-refractivity contribution in [1.82, 2.24) is 10.0 Å². The molecular weight excluding hydrogens is 308 g/mol. The van der Waals surface area contributed by atoms with E-state index < -0.39 is 10.0 Å². The quantitative estimate of drug-likeness (QED) is 0.726. The Bertz CT molecular complexity index is 524. The minimum absolute atomic E-state index is 0.167. The Morgan fingerprint density at radius 2 is 1.95 bits per heavy atom. The van der Waals surface area contributed by atoms with Crippen LogP contribution in [0, 0.1) is 5.92 Å². The lowest BCUT2D eigenvalue weighted by Gasteiger charge is -2.20. The number of sulfonamides is 1. The molecule has 0 bridgehead atoms. The molecule has 0 aliphatic carbocycles. The van der Waals surface area contributed by atoms with E-state index >= 15 is 0 Å². The first-order valence-corrected chi connectivity index (χ1v) is 9.44. The van der Waals surface area contributed by atoms with Gasteiger partial charge < -0.3 is 10.1 Å². The smallest absolute Gasteiger partial charge is 0.241 e. The van der Waals surface area contributed by atoms with Crippen LogP contribution in [0.1, 0.15) is 32.6 Å². The second kappa shape index (κ2) is 8.24. The fraction of sp³-hybridized carbons (Fsp3) is 0.714. The molecule has 0 fully saturated rings. The summed E-state index contributed by atoms with van der Waals surface area (Å²) in [6, 6.07) is 1.88. The molecule has 2 N–H and O–H groups in total. The van der Waals surface area contributed by atoms with E-state index in [9.17, 15) is 8.42 Å². The molecule has 0 amide bonds. The number of ether oxygens (including phenoxy) is 1. The first-order chi connectivity index (χ1) is 9.76. The summed E-state index contributed by atoms with van der Waals surface area (Å²) in [6.45, 7) is 9.11. The molecule has 1 rings (SSSR count). The van der Waals surface area contributed by atoms with Crippen LogP contribution in [0.25, 0.3) is 0 Å². The van der Waals surface area contributed by atoms with Crippen LogP contribution < -0.4 is 10.0 Å². The van der Waals surface area contributed by atoms with Crippen LogP contribution in [0.4, 0.5) is 0 Å². The van der Waals surface area contributed by atoms with Gasteiger partial charge in [0.05, 0.1) is 11.5 Å². The summed E-state index contributed by atoms with van der Waals surface area (Å²) in [5, 5.41) is 4.97. The lowest BCUT2D eigenvalue weighted by atomic mass is 10.1. The van der Waals surface area contributed by atoms with Gasteiger partial charge in [-0.15, -0.1) is 11.3 Å². The van der Waals surface area contributed by atoms with E-state index in [0.717, 1.165) is 4.88 Å². The zero-order valence-corrected chi connectivity index (χ0v) is 15.0. The standard InChI is InChI=1S/C14H26N2O3S2/c1-10(2)14(8-19-5)16-21(17,18)13-6-12(20-9-13)7-15-11(3)4/h6,9-11,14-16H,7-8H2,1-5H3. The summed E-state index contributed by atoms with van der Waals surface area (Å²) in [4.78, 5) is 1.34. The van der Waals surface area contributed by atoms with E-state index in [1.165, 1.54) is 11.3 Å². The fourth-order valence-corrected chi connectivity index (χ4v) is 4.30. The van der Waals surface area contributed by atoms with Gasteiger partial charge in [-0.25, -0.2) is 13.1 Å². The van der Waals surface area contributed by atoms with Gasteiger partial charge in [0.15, 0.2) is 0 Å². The molecule has 1 unspecified atom stereocenters. The van der Waals surface area contributed by atoms with Crippen molar-refractivity contribution >= 4 is 21.4 Å². The van der Waals surface area contributed by atoms with Gasteiger partial charge in [0, 0.05) is 36.0 Å². The highest BCUT2D eigenvalue weighted by atomic mass is 32.2. The number of rotatable bonds is 9. The van der Waals surface area contributed by atoms with E-state index in [-0.39, 0.29) is 12.0 Å². The molecule has 1 heterocycles. The monoisotopic (exact) mass is 334 g/mol. The van der Waals surface area contributed by atoms with Crippen molar-refractivity contribution in [1.29, 1.82) is 0 Å². The van der Waals surface area contributed by atoms with Crippen molar-refractivity contribution in [3.05, 3.63) is 16.3 Å². The summed E-state index contributed by atoms with van der Waals surface area (Å²) < 4.78 is 32.6. The molecule has 5 nitrogen and oxygen atoms in total. The predicted molar refractivity (Wildman–Crippen MR) is 87.1 cm³/mol. The third-order valence-corrected chi connectivity index (χ3v) is 5.64. The number of nitrogens with one attached hydrogen (secondary N) is 2. The topological polar surface area (TPSA) is 67.4 Å². The largest absolute Gasteiger partial charge is 0.383 e. The van der Waals surface area contributed by atoms with Crippen LogP contribution in [0.2, 0.25) is 0 Å². The molecule has 0 aromatic carbocycles. The van der Waals surface area contributed by atoms with E-state index in [2.05, 4.69) is 23.9 Å². The Kier molecular flexibility index (Phi) is 7.29. The molecule has 0 aliphatic rings. The summed E-state index contributed by atoms with van der Waals surface area (Å²) in [5.41, 5.74) is 0. The normalized spacial score (nSPS) is 14.0. The number of thiophene rings is 1. The van der Waals surface area contributed by atoms with E-state index in [0.29, 0.717) is 24.1 Å². The fourth-order valence-electron chi connectivity index (χ4n) is 1.71. The molecular formula is C14H26N2O3S2. The third-order valence-electron chi connectivity index (χ3n) is 3.08. The van der Waals surface area contributed by atoms with Gasteiger partial charge in [-0.2, -0.15) is 0 Å². The van der Waals surface area contributed by atoms with Crippen LogP contribution in [0.15, 0.2) is 16.3 Å².